The van der Waals surface area contributed by atoms with Crippen molar-refractivity contribution >= 4 is 16.8 Å². The maximum atomic E-state index is 12.4. The van der Waals surface area contributed by atoms with Crippen LogP contribution in [0.3, 0.4) is 0 Å². The van der Waals surface area contributed by atoms with Crippen molar-refractivity contribution in [3.63, 3.8) is 0 Å². The summed E-state index contributed by atoms with van der Waals surface area (Å²) in [5.74, 6) is 0.904. The van der Waals surface area contributed by atoms with Gasteiger partial charge in [-0.05, 0) is 25.2 Å². The topological polar surface area (TPSA) is 69.6 Å². The molecule has 0 bridgehead atoms. The zero-order valence-corrected chi connectivity index (χ0v) is 13.9. The molecule has 21 heavy (non-hydrogen) atoms. The molecule has 1 saturated carbocycles. The molecular weight excluding hydrogens is 288 g/mol. The van der Waals surface area contributed by atoms with Crippen molar-refractivity contribution in [2.24, 2.45) is 5.92 Å². The lowest BCUT2D eigenvalue weighted by Gasteiger charge is -2.37. The van der Waals surface area contributed by atoms with E-state index in [0.717, 1.165) is 32.1 Å². The maximum absolute atomic E-state index is 12.4. The number of carbonyl (C=O) groups excluding carboxylic acids is 1. The molecule has 1 aliphatic carbocycles. The molecule has 2 fully saturated rings. The molecule has 0 radical (unpaired) electrons. The number of rotatable bonds is 3. The van der Waals surface area contributed by atoms with E-state index in [1.165, 1.54) is 0 Å². The van der Waals surface area contributed by atoms with Gasteiger partial charge in [0.2, 0.25) is 0 Å². The molecule has 5 nitrogen and oxygen atoms in total. The van der Waals surface area contributed by atoms with Crippen LogP contribution < -0.4 is 5.32 Å². The van der Waals surface area contributed by atoms with Crippen LogP contribution in [-0.2, 0) is 10.8 Å². The molecular formula is C15H28N2O3S. The van der Waals surface area contributed by atoms with Crippen molar-refractivity contribution in [3.8, 4) is 0 Å². The number of hydrogen-bond acceptors (Lipinski definition) is 3. The van der Waals surface area contributed by atoms with Crippen LogP contribution >= 0.6 is 0 Å². The number of piperidine rings is 1. The molecule has 5 unspecified atom stereocenters. The molecule has 0 aromatic carbocycles. The van der Waals surface area contributed by atoms with E-state index in [1.54, 1.807) is 4.90 Å². The lowest BCUT2D eigenvalue weighted by molar-refractivity contribution is 0.0427. The van der Waals surface area contributed by atoms with Crippen molar-refractivity contribution in [2.45, 2.75) is 63.3 Å². The number of amides is 2. The van der Waals surface area contributed by atoms with Crippen LogP contribution in [0.5, 0.6) is 0 Å². The van der Waals surface area contributed by atoms with Gasteiger partial charge in [0.25, 0.3) is 0 Å². The molecule has 1 saturated heterocycles. The predicted octanol–water partition coefficient (Wildman–Crippen LogP) is 1.48. The van der Waals surface area contributed by atoms with E-state index in [0.29, 0.717) is 18.8 Å². The molecule has 1 aliphatic heterocycles. The predicted molar refractivity (Wildman–Crippen MR) is 84.6 cm³/mol. The Kier molecular flexibility index (Phi) is 6.05. The quantitative estimate of drug-likeness (QED) is 0.828. The van der Waals surface area contributed by atoms with Crippen LogP contribution in [0.15, 0.2) is 0 Å². The minimum Gasteiger partial charge on any atom is -0.391 e. The van der Waals surface area contributed by atoms with Gasteiger partial charge < -0.3 is 15.3 Å². The molecule has 2 rings (SSSR count). The smallest absolute Gasteiger partial charge is 0.317 e. The summed E-state index contributed by atoms with van der Waals surface area (Å²) in [5, 5.41) is 13.1. The number of aliphatic hydroxyl groups is 1. The molecule has 2 aliphatic rings. The highest BCUT2D eigenvalue weighted by atomic mass is 32.2. The van der Waals surface area contributed by atoms with E-state index >= 15 is 0 Å². The summed E-state index contributed by atoms with van der Waals surface area (Å²) >= 11 is 0. The van der Waals surface area contributed by atoms with Crippen molar-refractivity contribution < 1.29 is 14.1 Å². The van der Waals surface area contributed by atoms with Gasteiger partial charge in [-0.15, -0.1) is 0 Å². The Morgan fingerprint density at radius 3 is 2.71 bits per heavy atom. The van der Waals surface area contributed by atoms with Gasteiger partial charge in [0.15, 0.2) is 0 Å². The van der Waals surface area contributed by atoms with Gasteiger partial charge in [-0.1, -0.05) is 26.7 Å². The Labute approximate surface area is 129 Å². The largest absolute Gasteiger partial charge is 0.391 e. The summed E-state index contributed by atoms with van der Waals surface area (Å²) in [6, 6.07) is -0.0884. The number of hydrogen-bond donors (Lipinski definition) is 2. The first-order valence-corrected chi connectivity index (χ1v) is 9.51. The molecule has 1 heterocycles. The third kappa shape index (κ3) is 4.19. The molecule has 122 valence electrons. The van der Waals surface area contributed by atoms with Gasteiger partial charge in [-0.3, -0.25) is 4.21 Å². The molecule has 5 atom stereocenters. The van der Waals surface area contributed by atoms with E-state index in [9.17, 15) is 14.1 Å². The third-order valence-electron chi connectivity index (χ3n) is 4.84. The minimum atomic E-state index is -0.860. The summed E-state index contributed by atoms with van der Waals surface area (Å²) < 4.78 is 12.1. The highest BCUT2D eigenvalue weighted by molar-refractivity contribution is 7.85. The second-order valence-corrected chi connectivity index (χ2v) is 8.27. The van der Waals surface area contributed by atoms with E-state index in [1.807, 2.05) is 13.8 Å². The Hall–Kier alpha value is -0.620. The van der Waals surface area contributed by atoms with Crippen LogP contribution in [-0.4, -0.2) is 56.5 Å². The van der Waals surface area contributed by atoms with Gasteiger partial charge >= 0.3 is 6.03 Å². The second-order valence-electron chi connectivity index (χ2n) is 6.33. The van der Waals surface area contributed by atoms with E-state index in [2.05, 4.69) is 5.32 Å². The number of nitrogens with one attached hydrogen (secondary N) is 1. The first-order chi connectivity index (χ1) is 10.0. The summed E-state index contributed by atoms with van der Waals surface area (Å²) in [7, 11) is -0.860. The first kappa shape index (κ1) is 16.7. The van der Waals surface area contributed by atoms with E-state index in [-0.39, 0.29) is 23.2 Å². The normalized spacial score (nSPS) is 35.3. The van der Waals surface area contributed by atoms with E-state index in [4.69, 9.17) is 0 Å². The maximum Gasteiger partial charge on any atom is 0.317 e. The van der Waals surface area contributed by atoms with Crippen molar-refractivity contribution in [1.29, 1.82) is 0 Å². The number of nitrogens with zero attached hydrogens (tertiary/aromatic N) is 1. The fourth-order valence-corrected chi connectivity index (χ4v) is 4.70. The summed E-state index contributed by atoms with van der Waals surface area (Å²) in [4.78, 5) is 14.1. The number of urea groups is 1. The number of β-amino-alcohol motifs (C(OH)–C–C–N with tert-alkyl or cyclic N) is 1. The van der Waals surface area contributed by atoms with E-state index < -0.39 is 16.9 Å². The standard InChI is InChI=1S/C15H28N2O3S/c1-3-21(20)14-7-5-4-6-12(14)16-15(19)17-9-8-11(2)13(18)10-17/h11-14,18H,3-10H2,1-2H3,(H,16,19). The van der Waals surface area contributed by atoms with Gasteiger partial charge in [0.1, 0.15) is 0 Å². The average molecular weight is 316 g/mol. The SMILES string of the molecule is CCS(=O)C1CCCCC1NC(=O)N1CCC(C)C(O)C1. The Balaban J connectivity index is 1.92. The van der Waals surface area contributed by atoms with Crippen LogP contribution in [0, 0.1) is 5.92 Å². The molecule has 0 aromatic rings. The molecule has 2 N–H and O–H groups in total. The lowest BCUT2D eigenvalue weighted by Crippen LogP contribution is -2.55. The number of likely N-dealkylation sites (tertiary alicyclic amines) is 1. The first-order valence-electron chi connectivity index (χ1n) is 8.13. The Morgan fingerprint density at radius 1 is 1.33 bits per heavy atom. The summed E-state index contributed by atoms with van der Waals surface area (Å²) in [5.41, 5.74) is 0. The van der Waals surface area contributed by atoms with Gasteiger partial charge in [-0.2, -0.15) is 0 Å². The Bertz CT molecular complexity index is 391. The highest BCUT2D eigenvalue weighted by Gasteiger charge is 2.33. The highest BCUT2D eigenvalue weighted by Crippen LogP contribution is 2.24. The second kappa shape index (κ2) is 7.58. The monoisotopic (exact) mass is 316 g/mol. The van der Waals surface area contributed by atoms with Crippen LogP contribution in [0.2, 0.25) is 0 Å². The fourth-order valence-electron chi connectivity index (χ4n) is 3.27. The average Bonchev–Trinajstić information content (AvgIpc) is 2.49. The van der Waals surface area contributed by atoms with Crippen LogP contribution in [0.25, 0.3) is 0 Å². The van der Waals surface area contributed by atoms with Gasteiger partial charge in [0.05, 0.1) is 11.4 Å². The zero-order chi connectivity index (χ0) is 15.4. The van der Waals surface area contributed by atoms with Crippen molar-refractivity contribution in [3.05, 3.63) is 0 Å². The molecule has 0 spiro atoms. The van der Waals surface area contributed by atoms with Crippen molar-refractivity contribution in [2.75, 3.05) is 18.8 Å². The lowest BCUT2D eigenvalue weighted by atomic mass is 9.94. The zero-order valence-electron chi connectivity index (χ0n) is 13.1. The van der Waals surface area contributed by atoms with Crippen LogP contribution in [0.4, 0.5) is 4.79 Å². The summed E-state index contributed by atoms with van der Waals surface area (Å²) in [6.45, 7) is 5.05. The molecule has 0 aromatic heterocycles. The number of carbonyl (C=O) groups is 1. The fraction of sp³-hybridized carbons (Fsp3) is 0.933. The van der Waals surface area contributed by atoms with Gasteiger partial charge in [-0.25, -0.2) is 4.79 Å². The van der Waals surface area contributed by atoms with Crippen molar-refractivity contribution in [1.82, 2.24) is 10.2 Å². The third-order valence-corrected chi connectivity index (χ3v) is 6.65. The molecule has 2 amide bonds. The van der Waals surface area contributed by atoms with Gasteiger partial charge in [0, 0.05) is 35.7 Å². The summed E-state index contributed by atoms with van der Waals surface area (Å²) in [6.07, 6.45) is 4.44. The minimum absolute atomic E-state index is 0.0172. The van der Waals surface area contributed by atoms with Crippen LogP contribution in [0.1, 0.15) is 46.0 Å². The Morgan fingerprint density at radius 2 is 2.05 bits per heavy atom. The number of aliphatic hydroxyl groups excluding tert-OH is 1. The molecule has 6 heteroatoms.